The standard InChI is InChI=1S/C17H27FN2O2S.ClH/c1-14(2)8-11-19(3)16-9-12-20(13-10-16)23(21,22)17-6-4-15(18)5-7-17;/h4-7,14,16H,8-13H2,1-3H3;1H/p-1. The van der Waals surface area contributed by atoms with Gasteiger partial charge in [-0.25, -0.2) is 12.8 Å². The van der Waals surface area contributed by atoms with E-state index in [1.54, 1.807) is 0 Å². The summed E-state index contributed by atoms with van der Waals surface area (Å²) in [4.78, 5) is 2.52. The van der Waals surface area contributed by atoms with Crippen molar-refractivity contribution in [3.63, 3.8) is 0 Å². The topological polar surface area (TPSA) is 40.6 Å². The number of piperidine rings is 1. The van der Waals surface area contributed by atoms with Gasteiger partial charge in [0, 0.05) is 19.1 Å². The Hall–Kier alpha value is -0.690. The van der Waals surface area contributed by atoms with Crippen molar-refractivity contribution in [3.05, 3.63) is 30.1 Å². The van der Waals surface area contributed by atoms with Crippen molar-refractivity contribution in [1.82, 2.24) is 9.21 Å². The van der Waals surface area contributed by atoms with Gasteiger partial charge in [0.1, 0.15) is 5.82 Å². The molecule has 1 aliphatic heterocycles. The maximum atomic E-state index is 13.0. The molecule has 1 aromatic rings. The van der Waals surface area contributed by atoms with Gasteiger partial charge in [-0.3, -0.25) is 0 Å². The summed E-state index contributed by atoms with van der Waals surface area (Å²) in [7, 11) is -1.38. The minimum absolute atomic E-state index is 0. The quantitative estimate of drug-likeness (QED) is 0.698. The van der Waals surface area contributed by atoms with E-state index in [9.17, 15) is 12.8 Å². The van der Waals surface area contributed by atoms with Gasteiger partial charge in [0.05, 0.1) is 4.90 Å². The molecule has 1 saturated heterocycles. The maximum Gasteiger partial charge on any atom is 0.243 e. The van der Waals surface area contributed by atoms with E-state index in [0.29, 0.717) is 25.0 Å². The highest BCUT2D eigenvalue weighted by Crippen LogP contribution is 2.23. The molecule has 138 valence electrons. The summed E-state index contributed by atoms with van der Waals surface area (Å²) in [6.45, 7) is 6.53. The van der Waals surface area contributed by atoms with Crippen LogP contribution in [0.3, 0.4) is 0 Å². The van der Waals surface area contributed by atoms with Crippen LogP contribution in [-0.4, -0.2) is 50.3 Å². The number of sulfonamides is 1. The Morgan fingerprint density at radius 1 is 1.21 bits per heavy atom. The second kappa shape index (κ2) is 9.13. The molecule has 0 N–H and O–H groups in total. The third kappa shape index (κ3) is 5.41. The summed E-state index contributed by atoms with van der Waals surface area (Å²) in [6.07, 6.45) is 2.84. The number of hydrogen-bond acceptors (Lipinski definition) is 3. The molecule has 0 bridgehead atoms. The van der Waals surface area contributed by atoms with Crippen molar-refractivity contribution in [2.24, 2.45) is 5.92 Å². The molecule has 7 heteroatoms. The second-order valence-electron chi connectivity index (χ2n) is 6.75. The molecule has 4 nitrogen and oxygen atoms in total. The highest BCUT2D eigenvalue weighted by molar-refractivity contribution is 7.89. The first-order chi connectivity index (χ1) is 10.8. The Morgan fingerprint density at radius 3 is 2.25 bits per heavy atom. The third-order valence-electron chi connectivity index (χ3n) is 4.56. The molecule has 0 aromatic heterocycles. The van der Waals surface area contributed by atoms with E-state index < -0.39 is 15.8 Å². The smallest absolute Gasteiger partial charge is 0.243 e. The van der Waals surface area contributed by atoms with E-state index in [1.807, 2.05) is 0 Å². The van der Waals surface area contributed by atoms with Crippen LogP contribution in [0.4, 0.5) is 4.39 Å². The van der Waals surface area contributed by atoms with Crippen LogP contribution < -0.4 is 12.4 Å². The Labute approximate surface area is 151 Å². The molecule has 2 rings (SSSR count). The molecule has 1 fully saturated rings. The Kier molecular flexibility index (Phi) is 8.12. The van der Waals surface area contributed by atoms with Crippen LogP contribution in [0.2, 0.25) is 0 Å². The normalized spacial score (nSPS) is 17.2. The predicted molar refractivity (Wildman–Crippen MR) is 90.3 cm³/mol. The number of rotatable bonds is 6. The fourth-order valence-corrected chi connectivity index (χ4v) is 4.39. The van der Waals surface area contributed by atoms with Crippen molar-refractivity contribution < 1.29 is 25.2 Å². The van der Waals surface area contributed by atoms with Crippen molar-refractivity contribution in [2.75, 3.05) is 26.7 Å². The van der Waals surface area contributed by atoms with Gasteiger partial charge in [0.25, 0.3) is 0 Å². The lowest BCUT2D eigenvalue weighted by atomic mass is 10.0. The number of hydrogen-bond donors (Lipinski definition) is 0. The summed E-state index contributed by atoms with van der Waals surface area (Å²) in [5.41, 5.74) is 0. The van der Waals surface area contributed by atoms with Gasteiger partial charge in [-0.2, -0.15) is 4.31 Å². The molecule has 0 aliphatic carbocycles. The zero-order valence-electron chi connectivity index (χ0n) is 14.6. The van der Waals surface area contributed by atoms with Gasteiger partial charge in [-0.05, 0) is 63.0 Å². The van der Waals surface area contributed by atoms with E-state index >= 15 is 0 Å². The Bertz CT molecular complexity index is 600. The van der Waals surface area contributed by atoms with Crippen LogP contribution in [-0.2, 0) is 10.0 Å². The van der Waals surface area contributed by atoms with Crippen molar-refractivity contribution in [3.8, 4) is 0 Å². The van der Waals surface area contributed by atoms with Crippen LogP contribution in [0.5, 0.6) is 0 Å². The van der Waals surface area contributed by atoms with Crippen LogP contribution in [0.1, 0.15) is 33.1 Å². The molecule has 1 aliphatic rings. The summed E-state index contributed by atoms with van der Waals surface area (Å²) in [6, 6.07) is 5.50. The zero-order chi connectivity index (χ0) is 17.0. The molecule has 0 spiro atoms. The van der Waals surface area contributed by atoms with E-state index in [-0.39, 0.29) is 17.3 Å². The monoisotopic (exact) mass is 377 g/mol. The van der Waals surface area contributed by atoms with Gasteiger partial charge in [0.2, 0.25) is 10.0 Å². The fourth-order valence-electron chi connectivity index (χ4n) is 2.92. The first kappa shape index (κ1) is 21.4. The molecule has 24 heavy (non-hydrogen) atoms. The van der Waals surface area contributed by atoms with Crippen LogP contribution in [0.25, 0.3) is 0 Å². The molecule has 0 saturated carbocycles. The zero-order valence-corrected chi connectivity index (χ0v) is 16.2. The Morgan fingerprint density at radius 2 is 1.75 bits per heavy atom. The third-order valence-corrected chi connectivity index (χ3v) is 6.47. The predicted octanol–water partition coefficient (Wildman–Crippen LogP) is -0.0393. The first-order valence-corrected chi connectivity index (χ1v) is 9.70. The molecular formula is C17H27ClFN2O2S-. The minimum Gasteiger partial charge on any atom is -1.00 e. The lowest BCUT2D eigenvalue weighted by Gasteiger charge is -2.36. The van der Waals surface area contributed by atoms with Gasteiger partial charge in [-0.1, -0.05) is 13.8 Å². The first-order valence-electron chi connectivity index (χ1n) is 8.26. The number of nitrogens with zero attached hydrogens (tertiary/aromatic N) is 2. The molecule has 0 atom stereocenters. The summed E-state index contributed by atoms with van der Waals surface area (Å²) >= 11 is 0. The van der Waals surface area contributed by atoms with Crippen molar-refractivity contribution in [1.29, 1.82) is 0 Å². The molecule has 0 radical (unpaired) electrons. The SMILES string of the molecule is CC(C)CCN(C)C1CCN(S(=O)(=O)c2ccc(F)cc2)CC1.[Cl-]. The number of halogens is 2. The highest BCUT2D eigenvalue weighted by Gasteiger charge is 2.30. The highest BCUT2D eigenvalue weighted by atomic mass is 35.5. The molecule has 0 amide bonds. The van der Waals surface area contributed by atoms with Crippen LogP contribution >= 0.6 is 0 Å². The average molecular weight is 378 g/mol. The fraction of sp³-hybridized carbons (Fsp3) is 0.647. The van der Waals surface area contributed by atoms with Crippen LogP contribution in [0.15, 0.2) is 29.2 Å². The van der Waals surface area contributed by atoms with Crippen molar-refractivity contribution >= 4 is 10.0 Å². The lowest BCUT2D eigenvalue weighted by molar-refractivity contribution is -0.00000846. The van der Waals surface area contributed by atoms with E-state index in [1.165, 1.54) is 28.6 Å². The summed E-state index contributed by atoms with van der Waals surface area (Å²) in [5.74, 6) is 0.255. The molecule has 0 unspecified atom stereocenters. The summed E-state index contributed by atoms with van der Waals surface area (Å²) in [5, 5.41) is 0. The molecule has 1 heterocycles. The van der Waals surface area contributed by atoms with Gasteiger partial charge in [-0.15, -0.1) is 0 Å². The van der Waals surface area contributed by atoms with Gasteiger partial charge < -0.3 is 17.3 Å². The van der Waals surface area contributed by atoms with Gasteiger partial charge >= 0.3 is 0 Å². The molecular weight excluding hydrogens is 351 g/mol. The van der Waals surface area contributed by atoms with E-state index in [4.69, 9.17) is 0 Å². The lowest BCUT2D eigenvalue weighted by Crippen LogP contribution is -3.00. The van der Waals surface area contributed by atoms with E-state index in [0.717, 1.165) is 25.8 Å². The maximum absolute atomic E-state index is 13.0. The summed E-state index contributed by atoms with van der Waals surface area (Å²) < 4.78 is 39.7. The number of benzene rings is 1. The van der Waals surface area contributed by atoms with Crippen LogP contribution in [0, 0.1) is 11.7 Å². The second-order valence-corrected chi connectivity index (χ2v) is 8.69. The molecule has 1 aromatic carbocycles. The largest absolute Gasteiger partial charge is 1.00 e. The minimum atomic E-state index is -3.51. The average Bonchev–Trinajstić information content (AvgIpc) is 2.53. The Balaban J connectivity index is 0.00000288. The van der Waals surface area contributed by atoms with Crippen molar-refractivity contribution in [2.45, 2.75) is 44.0 Å². The van der Waals surface area contributed by atoms with E-state index in [2.05, 4.69) is 25.8 Å². The van der Waals surface area contributed by atoms with Gasteiger partial charge in [0.15, 0.2) is 0 Å².